The van der Waals surface area contributed by atoms with Crippen LogP contribution in [-0.4, -0.2) is 18.5 Å². The molecule has 3 N–H and O–H groups in total. The Bertz CT molecular complexity index is 855. The van der Waals surface area contributed by atoms with Gasteiger partial charge in [-0.15, -0.1) is 0 Å². The Hall–Kier alpha value is -2.24. The fourth-order valence-corrected chi connectivity index (χ4v) is 3.60. The highest BCUT2D eigenvalue weighted by atomic mass is 35.5. The highest BCUT2D eigenvalue weighted by Crippen LogP contribution is 2.30. The molecule has 1 aliphatic rings. The molecule has 26 heavy (non-hydrogen) atoms. The molecule has 0 heterocycles. The van der Waals surface area contributed by atoms with Crippen molar-refractivity contribution >= 4 is 40.8 Å². The number of aryl methyl sites for hydroxylation is 1. The maximum Gasteiger partial charge on any atom is 0.340 e. The first-order valence-electron chi connectivity index (χ1n) is 8.24. The van der Waals surface area contributed by atoms with E-state index in [2.05, 4.69) is 11.4 Å². The first-order valence-corrected chi connectivity index (χ1v) is 9.00. The van der Waals surface area contributed by atoms with Gasteiger partial charge in [0, 0.05) is 5.02 Å². The fraction of sp³-hybridized carbons (Fsp3) is 0.263. The number of amides is 1. The molecule has 1 amide bonds. The van der Waals surface area contributed by atoms with Crippen molar-refractivity contribution in [2.75, 3.05) is 12.3 Å². The fourth-order valence-electron chi connectivity index (χ4n) is 3.10. The molecule has 0 fully saturated rings. The van der Waals surface area contributed by atoms with Gasteiger partial charge in [-0.05, 0) is 42.5 Å². The second-order valence-electron chi connectivity index (χ2n) is 6.14. The van der Waals surface area contributed by atoms with E-state index < -0.39 is 12.6 Å². The van der Waals surface area contributed by atoms with Gasteiger partial charge in [-0.2, -0.15) is 0 Å². The Balaban J connectivity index is 1.61. The van der Waals surface area contributed by atoms with Gasteiger partial charge in [-0.3, -0.25) is 4.79 Å². The van der Waals surface area contributed by atoms with Gasteiger partial charge < -0.3 is 15.8 Å². The third kappa shape index (κ3) is 4.11. The lowest BCUT2D eigenvalue weighted by atomic mass is 9.88. The number of esters is 1. The lowest BCUT2D eigenvalue weighted by molar-refractivity contribution is -0.125. The summed E-state index contributed by atoms with van der Waals surface area (Å²) in [4.78, 5) is 24.4. The number of nitrogens with one attached hydrogen (secondary N) is 1. The van der Waals surface area contributed by atoms with Gasteiger partial charge >= 0.3 is 5.97 Å². The van der Waals surface area contributed by atoms with E-state index in [9.17, 15) is 9.59 Å². The van der Waals surface area contributed by atoms with Crippen molar-refractivity contribution in [1.82, 2.24) is 5.32 Å². The van der Waals surface area contributed by atoms with Gasteiger partial charge in [0.15, 0.2) is 6.61 Å². The SMILES string of the molecule is Nc1c(Cl)cc(Cl)cc1C(=O)OCC(=O)NC1CCCc2ccccc21. The predicted molar refractivity (Wildman–Crippen MR) is 101 cm³/mol. The lowest BCUT2D eigenvalue weighted by Gasteiger charge is -2.26. The highest BCUT2D eigenvalue weighted by Gasteiger charge is 2.22. The van der Waals surface area contributed by atoms with E-state index in [-0.39, 0.29) is 33.2 Å². The molecule has 0 saturated carbocycles. The first-order chi connectivity index (χ1) is 12.5. The van der Waals surface area contributed by atoms with Crippen molar-refractivity contribution in [3.63, 3.8) is 0 Å². The number of ether oxygens (including phenoxy) is 1. The average molecular weight is 393 g/mol. The molecule has 0 saturated heterocycles. The summed E-state index contributed by atoms with van der Waals surface area (Å²) in [6, 6.07) is 10.7. The highest BCUT2D eigenvalue weighted by molar-refractivity contribution is 6.37. The van der Waals surface area contributed by atoms with Crippen molar-refractivity contribution in [1.29, 1.82) is 0 Å². The zero-order valence-electron chi connectivity index (χ0n) is 13.9. The summed E-state index contributed by atoms with van der Waals surface area (Å²) in [5, 5.41) is 3.34. The van der Waals surface area contributed by atoms with Crippen LogP contribution in [0, 0.1) is 0 Å². The average Bonchev–Trinajstić information content (AvgIpc) is 2.63. The Morgan fingerprint density at radius 1 is 1.23 bits per heavy atom. The van der Waals surface area contributed by atoms with Gasteiger partial charge in [0.2, 0.25) is 0 Å². The number of benzene rings is 2. The molecule has 1 atom stereocenters. The normalized spacial score (nSPS) is 15.8. The molecule has 2 aromatic carbocycles. The zero-order chi connectivity index (χ0) is 18.7. The minimum absolute atomic E-state index is 0.0401. The molecule has 7 heteroatoms. The van der Waals surface area contributed by atoms with Crippen LogP contribution in [0.1, 0.15) is 40.4 Å². The number of carbonyl (C=O) groups is 2. The predicted octanol–water partition coefficient (Wildman–Crippen LogP) is 3.93. The summed E-state index contributed by atoms with van der Waals surface area (Å²) in [6.07, 6.45) is 2.86. The molecule has 0 aliphatic heterocycles. The second-order valence-corrected chi connectivity index (χ2v) is 6.98. The summed E-state index contributed by atoms with van der Waals surface area (Å²) < 4.78 is 5.06. The van der Waals surface area contributed by atoms with E-state index in [4.69, 9.17) is 33.7 Å². The van der Waals surface area contributed by atoms with E-state index in [0.29, 0.717) is 0 Å². The summed E-state index contributed by atoms with van der Waals surface area (Å²) in [6.45, 7) is -0.402. The van der Waals surface area contributed by atoms with E-state index >= 15 is 0 Å². The van der Waals surface area contributed by atoms with Crippen LogP contribution in [0.25, 0.3) is 0 Å². The minimum atomic E-state index is -0.744. The van der Waals surface area contributed by atoms with E-state index in [1.807, 2.05) is 18.2 Å². The van der Waals surface area contributed by atoms with Crippen molar-refractivity contribution < 1.29 is 14.3 Å². The third-order valence-corrected chi connectivity index (χ3v) is 4.88. The van der Waals surface area contributed by atoms with E-state index in [1.165, 1.54) is 17.7 Å². The Kier molecular flexibility index (Phi) is 5.69. The molecular formula is C19H18Cl2N2O3. The number of hydrogen-bond donors (Lipinski definition) is 2. The summed E-state index contributed by atoms with van der Waals surface area (Å²) in [5.74, 6) is -1.11. The van der Waals surface area contributed by atoms with Gasteiger partial charge in [0.05, 0.1) is 22.3 Å². The Morgan fingerprint density at radius 2 is 2.00 bits per heavy atom. The first kappa shape index (κ1) is 18.5. The number of nitrogens with two attached hydrogens (primary N) is 1. The van der Waals surface area contributed by atoms with Crippen LogP contribution in [0.5, 0.6) is 0 Å². The monoisotopic (exact) mass is 392 g/mol. The number of carbonyl (C=O) groups excluding carboxylic acids is 2. The van der Waals surface area contributed by atoms with Crippen molar-refractivity contribution in [2.45, 2.75) is 25.3 Å². The van der Waals surface area contributed by atoms with Crippen LogP contribution in [0.2, 0.25) is 10.0 Å². The van der Waals surface area contributed by atoms with Crippen molar-refractivity contribution in [3.8, 4) is 0 Å². The molecule has 3 rings (SSSR count). The molecule has 0 spiro atoms. The minimum Gasteiger partial charge on any atom is -0.452 e. The Morgan fingerprint density at radius 3 is 2.81 bits per heavy atom. The van der Waals surface area contributed by atoms with Crippen molar-refractivity contribution in [3.05, 3.63) is 63.1 Å². The maximum atomic E-state index is 12.2. The van der Waals surface area contributed by atoms with Crippen LogP contribution >= 0.6 is 23.2 Å². The van der Waals surface area contributed by atoms with Gasteiger partial charge in [0.1, 0.15) is 0 Å². The van der Waals surface area contributed by atoms with Gasteiger partial charge in [-0.25, -0.2) is 4.79 Å². The molecule has 0 radical (unpaired) electrons. The summed E-state index contributed by atoms with van der Waals surface area (Å²) in [5.41, 5.74) is 8.23. The number of nitrogen functional groups attached to an aromatic ring is 1. The van der Waals surface area contributed by atoms with Crippen molar-refractivity contribution in [2.24, 2.45) is 0 Å². The topological polar surface area (TPSA) is 81.4 Å². The van der Waals surface area contributed by atoms with Gasteiger partial charge in [-0.1, -0.05) is 47.5 Å². The number of halogens is 2. The molecular weight excluding hydrogens is 375 g/mol. The third-order valence-electron chi connectivity index (χ3n) is 4.35. The standard InChI is InChI=1S/C19H18Cl2N2O3/c20-12-8-14(18(22)15(21)9-12)19(25)26-10-17(24)23-16-7-3-5-11-4-1-2-6-13(11)16/h1-2,4,6,8-9,16H,3,5,7,10,22H2,(H,23,24). The summed E-state index contributed by atoms with van der Waals surface area (Å²) >= 11 is 11.8. The molecule has 2 aromatic rings. The molecule has 1 aliphatic carbocycles. The number of hydrogen-bond acceptors (Lipinski definition) is 4. The lowest BCUT2D eigenvalue weighted by Crippen LogP contribution is -2.34. The molecule has 136 valence electrons. The number of anilines is 1. The molecule has 5 nitrogen and oxygen atoms in total. The molecule has 1 unspecified atom stereocenters. The largest absolute Gasteiger partial charge is 0.452 e. The Labute approximate surface area is 161 Å². The summed E-state index contributed by atoms with van der Waals surface area (Å²) in [7, 11) is 0. The number of rotatable bonds is 4. The van der Waals surface area contributed by atoms with E-state index in [1.54, 1.807) is 0 Å². The quantitative estimate of drug-likeness (QED) is 0.609. The second kappa shape index (κ2) is 7.98. The zero-order valence-corrected chi connectivity index (χ0v) is 15.4. The van der Waals surface area contributed by atoms with Crippen LogP contribution in [0.3, 0.4) is 0 Å². The molecule has 0 aromatic heterocycles. The van der Waals surface area contributed by atoms with Crippen LogP contribution < -0.4 is 11.1 Å². The van der Waals surface area contributed by atoms with Crippen LogP contribution in [-0.2, 0) is 16.0 Å². The maximum absolute atomic E-state index is 12.2. The number of fused-ring (bicyclic) bond motifs is 1. The van der Waals surface area contributed by atoms with E-state index in [0.717, 1.165) is 24.8 Å². The van der Waals surface area contributed by atoms with Crippen LogP contribution in [0.4, 0.5) is 5.69 Å². The van der Waals surface area contributed by atoms with Gasteiger partial charge in [0.25, 0.3) is 5.91 Å². The molecule has 0 bridgehead atoms. The smallest absolute Gasteiger partial charge is 0.340 e. The van der Waals surface area contributed by atoms with Crippen LogP contribution in [0.15, 0.2) is 36.4 Å².